The number of Topliss-reactive ketones (excluding diaryl/α,β-unsaturated/α-hetero) is 2. The Morgan fingerprint density at radius 3 is 1.42 bits per heavy atom. The van der Waals surface area contributed by atoms with Crippen LogP contribution in [0, 0.1) is 0 Å². The van der Waals surface area contributed by atoms with Crippen molar-refractivity contribution in [2.75, 3.05) is 46.2 Å². The smallest absolute Gasteiger partial charge is 0.258 e. The summed E-state index contributed by atoms with van der Waals surface area (Å²) in [6.07, 6.45) is 0.917. The summed E-state index contributed by atoms with van der Waals surface area (Å²) < 4.78 is 11.2. The number of ether oxygens (including phenoxy) is 2. The number of amides is 4. The van der Waals surface area contributed by atoms with Crippen LogP contribution in [0.3, 0.4) is 0 Å². The van der Waals surface area contributed by atoms with E-state index in [4.69, 9.17) is 67.5 Å². The Labute approximate surface area is 435 Å². The molecule has 0 saturated heterocycles. The van der Waals surface area contributed by atoms with Crippen LogP contribution in [0.4, 0.5) is 34.1 Å². The third-order valence-electron chi connectivity index (χ3n) is 10.3. The molecular weight excluding hydrogens is 1020 g/mol. The van der Waals surface area contributed by atoms with Crippen LogP contribution in [0.15, 0.2) is 111 Å². The Kier molecular flexibility index (Phi) is 20.9. The lowest BCUT2D eigenvalue weighted by Gasteiger charge is -2.17. The van der Waals surface area contributed by atoms with Crippen LogP contribution in [0.2, 0.25) is 10.0 Å². The van der Waals surface area contributed by atoms with Crippen molar-refractivity contribution in [1.82, 2.24) is 0 Å². The predicted octanol–water partition coefficient (Wildman–Crippen LogP) is 12.5. The number of nitrogens with zero attached hydrogens (tertiary/aromatic N) is 4. The number of ketones is 2. The number of benzene rings is 5. The lowest BCUT2D eigenvalue weighted by atomic mass is 10.1. The molecule has 0 fully saturated rings. The van der Waals surface area contributed by atoms with Gasteiger partial charge in [0.05, 0.1) is 39.8 Å². The fourth-order valence-electron chi connectivity index (χ4n) is 6.81. The molecule has 0 spiro atoms. The number of hydrogen-bond acceptors (Lipinski definition) is 12. The fourth-order valence-corrected chi connectivity index (χ4v) is 7.90. The molecule has 3 unspecified atom stereocenters. The standard InChI is InChI=1S/C50H49Cl5N8O8/c1-6-70-33-15-18-38(30(24-33)20-22-51)57-47(66)35-10-8-12-41(43(35)54)60-62-45(28(4)64)49(68)56-32-14-17-40(37(26-32)27(3)53)59-50(69)46(29(5)65)63-61-42-13-9-11-36(44(42)55)48(67)58-39-19-16-34(71-7-2)25-31(39)21-23-52/h8-19,24-27,45-46H,6-7,20-23H2,1-5H3,(H,56,68)(H,57,66)(H,58,67)(H,59,69). The molecule has 4 N–H and O–H groups in total. The van der Waals surface area contributed by atoms with Gasteiger partial charge in [-0.05, 0) is 143 Å². The molecule has 0 heterocycles. The number of aryl methyl sites for hydroxylation is 2. The number of hydrogen-bond donors (Lipinski definition) is 4. The fraction of sp³-hybridized carbons (Fsp3) is 0.280. The molecule has 3 atom stereocenters. The summed E-state index contributed by atoms with van der Waals surface area (Å²) in [6.45, 7) is 8.57. The summed E-state index contributed by atoms with van der Waals surface area (Å²) in [5, 5.41) is 26.2. The minimum Gasteiger partial charge on any atom is -0.494 e. The van der Waals surface area contributed by atoms with Crippen molar-refractivity contribution in [3.63, 3.8) is 0 Å². The molecule has 0 aliphatic heterocycles. The molecule has 4 amide bonds. The second-order valence-corrected chi connectivity index (χ2v) is 17.6. The average molecular weight is 1070 g/mol. The molecule has 5 aromatic carbocycles. The zero-order valence-electron chi connectivity index (χ0n) is 39.1. The van der Waals surface area contributed by atoms with E-state index in [1.54, 1.807) is 43.3 Å². The van der Waals surface area contributed by atoms with E-state index in [1.807, 2.05) is 13.8 Å². The maximum absolute atomic E-state index is 13.6. The van der Waals surface area contributed by atoms with Gasteiger partial charge in [0.15, 0.2) is 11.6 Å². The molecule has 21 heteroatoms. The van der Waals surface area contributed by atoms with Crippen molar-refractivity contribution in [1.29, 1.82) is 0 Å². The number of rotatable bonds is 23. The van der Waals surface area contributed by atoms with Crippen LogP contribution in [0.5, 0.6) is 11.5 Å². The molecule has 5 aromatic rings. The number of azo groups is 2. The summed E-state index contributed by atoms with van der Waals surface area (Å²) in [5.74, 6) is -2.29. The first-order valence-corrected chi connectivity index (χ1v) is 24.3. The first-order valence-electron chi connectivity index (χ1n) is 22.0. The summed E-state index contributed by atoms with van der Waals surface area (Å²) in [5.41, 5.74) is 3.34. The molecule has 5 rings (SSSR count). The van der Waals surface area contributed by atoms with Gasteiger partial charge < -0.3 is 30.7 Å². The number of halogens is 5. The number of carbonyl (C=O) groups excluding carboxylic acids is 6. The normalized spacial score (nSPS) is 12.5. The first-order chi connectivity index (χ1) is 34.0. The van der Waals surface area contributed by atoms with Gasteiger partial charge in [0.1, 0.15) is 22.9 Å². The molecule has 16 nitrogen and oxygen atoms in total. The van der Waals surface area contributed by atoms with Crippen molar-refractivity contribution in [2.45, 2.75) is 64.9 Å². The number of nitrogens with one attached hydrogen (secondary N) is 4. The molecule has 0 bridgehead atoms. The Hall–Kier alpha value is -6.43. The number of anilines is 4. The van der Waals surface area contributed by atoms with E-state index >= 15 is 0 Å². The molecule has 0 radical (unpaired) electrons. The highest BCUT2D eigenvalue weighted by atomic mass is 35.5. The Morgan fingerprint density at radius 2 is 1.01 bits per heavy atom. The highest BCUT2D eigenvalue weighted by Gasteiger charge is 2.27. The SMILES string of the molecule is CCOc1ccc(NC(=O)c2cccc(N=NC(C(C)=O)C(=O)Nc3ccc(NC(=O)C(N=Nc4cccc(C(=O)Nc5ccc(OCC)cc5CCCl)c4Cl)C(C)=O)c(C(C)Cl)c3)c2Cl)c(CCCl)c1. The Morgan fingerprint density at radius 1 is 0.577 bits per heavy atom. The quantitative estimate of drug-likeness (QED) is 0.0279. The maximum atomic E-state index is 13.6. The van der Waals surface area contributed by atoms with Crippen molar-refractivity contribution >= 4 is 127 Å². The van der Waals surface area contributed by atoms with Gasteiger partial charge in [0, 0.05) is 34.5 Å². The minimum atomic E-state index is -1.65. The van der Waals surface area contributed by atoms with Crippen LogP contribution in [0.25, 0.3) is 0 Å². The second kappa shape index (κ2) is 26.7. The molecule has 71 heavy (non-hydrogen) atoms. The van der Waals surface area contributed by atoms with Crippen molar-refractivity contribution in [2.24, 2.45) is 20.5 Å². The summed E-state index contributed by atoms with van der Waals surface area (Å²) in [4.78, 5) is 79.5. The van der Waals surface area contributed by atoms with E-state index < -0.39 is 52.7 Å². The van der Waals surface area contributed by atoms with Crippen LogP contribution in [-0.4, -0.2) is 72.3 Å². The van der Waals surface area contributed by atoms with E-state index in [1.165, 1.54) is 54.6 Å². The second-order valence-electron chi connectivity index (χ2n) is 15.4. The molecule has 372 valence electrons. The van der Waals surface area contributed by atoms with E-state index in [0.29, 0.717) is 66.3 Å². The Bertz CT molecular complexity index is 2860. The maximum Gasteiger partial charge on any atom is 0.258 e. The van der Waals surface area contributed by atoms with Gasteiger partial charge in [0.25, 0.3) is 23.6 Å². The topological polar surface area (TPSA) is 218 Å². The molecular formula is C50H49Cl5N8O8. The number of alkyl halides is 3. The lowest BCUT2D eigenvalue weighted by molar-refractivity contribution is -0.127. The van der Waals surface area contributed by atoms with Crippen LogP contribution in [0.1, 0.15) is 77.4 Å². The zero-order valence-corrected chi connectivity index (χ0v) is 42.9. The minimum absolute atomic E-state index is 0.0156. The van der Waals surface area contributed by atoms with Gasteiger partial charge in [-0.15, -0.1) is 34.8 Å². The molecule has 0 saturated carbocycles. The highest BCUT2D eigenvalue weighted by molar-refractivity contribution is 6.37. The van der Waals surface area contributed by atoms with Gasteiger partial charge in [-0.3, -0.25) is 28.8 Å². The van der Waals surface area contributed by atoms with Gasteiger partial charge >= 0.3 is 0 Å². The molecule has 0 aliphatic carbocycles. The molecule has 0 aromatic heterocycles. The third-order valence-corrected chi connectivity index (χ3v) is 11.7. The van der Waals surface area contributed by atoms with Crippen molar-refractivity contribution < 1.29 is 38.2 Å². The average Bonchev–Trinajstić information content (AvgIpc) is 3.32. The largest absolute Gasteiger partial charge is 0.494 e. The van der Waals surface area contributed by atoms with Crippen LogP contribution < -0.4 is 30.7 Å². The highest BCUT2D eigenvalue weighted by Crippen LogP contribution is 2.34. The zero-order chi connectivity index (χ0) is 51.8. The summed E-state index contributed by atoms with van der Waals surface area (Å²) >= 11 is 31.8. The predicted molar refractivity (Wildman–Crippen MR) is 279 cm³/mol. The van der Waals surface area contributed by atoms with Gasteiger partial charge in [0.2, 0.25) is 12.1 Å². The van der Waals surface area contributed by atoms with Crippen LogP contribution >= 0.6 is 58.0 Å². The van der Waals surface area contributed by atoms with E-state index in [9.17, 15) is 28.8 Å². The first kappa shape index (κ1) is 55.5. The monoisotopic (exact) mass is 1060 g/mol. The van der Waals surface area contributed by atoms with Gasteiger partial charge in [-0.2, -0.15) is 20.5 Å². The van der Waals surface area contributed by atoms with Crippen molar-refractivity contribution in [3.05, 3.63) is 129 Å². The van der Waals surface area contributed by atoms with Crippen LogP contribution in [-0.2, 0) is 32.0 Å². The summed E-state index contributed by atoms with van der Waals surface area (Å²) in [6, 6.07) is 20.4. The van der Waals surface area contributed by atoms with E-state index in [-0.39, 0.29) is 43.9 Å². The van der Waals surface area contributed by atoms with E-state index in [2.05, 4.69) is 41.7 Å². The van der Waals surface area contributed by atoms with E-state index in [0.717, 1.165) is 25.0 Å². The molecule has 0 aliphatic rings. The summed E-state index contributed by atoms with van der Waals surface area (Å²) in [7, 11) is 0. The lowest BCUT2D eigenvalue weighted by Crippen LogP contribution is -2.32. The number of carbonyl (C=O) groups is 6. The van der Waals surface area contributed by atoms with Crippen molar-refractivity contribution in [3.8, 4) is 11.5 Å². The third kappa shape index (κ3) is 15.0. The Balaban J connectivity index is 1.28. The van der Waals surface area contributed by atoms with Gasteiger partial charge in [-0.1, -0.05) is 35.3 Å². The van der Waals surface area contributed by atoms with Gasteiger partial charge in [-0.25, -0.2) is 0 Å².